The Morgan fingerprint density at radius 2 is 2.00 bits per heavy atom. The zero-order valence-corrected chi connectivity index (χ0v) is 14.3. The number of rotatable bonds is 8. The number of sulfonamides is 1. The van der Waals surface area contributed by atoms with Gasteiger partial charge in [0.05, 0.1) is 4.90 Å². The molecule has 126 valence electrons. The van der Waals surface area contributed by atoms with E-state index in [1.807, 2.05) is 0 Å². The van der Waals surface area contributed by atoms with E-state index in [9.17, 15) is 8.42 Å². The van der Waals surface area contributed by atoms with Gasteiger partial charge in [0.2, 0.25) is 10.0 Å². The summed E-state index contributed by atoms with van der Waals surface area (Å²) in [5, 5.41) is 0. The maximum Gasteiger partial charge on any atom is 0.240 e. The first-order chi connectivity index (χ1) is 11.0. The van der Waals surface area contributed by atoms with E-state index in [0.29, 0.717) is 11.6 Å². The highest BCUT2D eigenvalue weighted by Gasteiger charge is 2.19. The molecule has 7 heteroatoms. The van der Waals surface area contributed by atoms with E-state index in [0.717, 1.165) is 24.8 Å². The normalized spacial score (nSPS) is 13.2. The molecule has 6 nitrogen and oxygen atoms in total. The summed E-state index contributed by atoms with van der Waals surface area (Å²) in [5.74, 6) is 0.570. The number of unbranched alkanes of at least 4 members (excludes halogenated alkanes) is 1. The zero-order valence-electron chi connectivity index (χ0n) is 13.5. The molecular formula is C16H23N3O3S. The van der Waals surface area contributed by atoms with Crippen LogP contribution < -0.4 is 10.5 Å². The third kappa shape index (κ3) is 4.63. The maximum atomic E-state index is 12.4. The van der Waals surface area contributed by atoms with Gasteiger partial charge in [0.1, 0.15) is 12.0 Å². The fraction of sp³-hybridized carbons (Fsp3) is 0.438. The lowest BCUT2D eigenvalue weighted by molar-refractivity contribution is 0.516. The minimum atomic E-state index is -3.57. The van der Waals surface area contributed by atoms with Crippen molar-refractivity contribution < 1.29 is 12.8 Å². The van der Waals surface area contributed by atoms with Gasteiger partial charge in [-0.1, -0.05) is 31.9 Å². The van der Waals surface area contributed by atoms with Crippen LogP contribution in [0.25, 0.3) is 11.3 Å². The van der Waals surface area contributed by atoms with Gasteiger partial charge in [0.15, 0.2) is 5.89 Å². The lowest BCUT2D eigenvalue weighted by atomic mass is 10.1. The summed E-state index contributed by atoms with van der Waals surface area (Å²) in [4.78, 5) is 4.44. The van der Waals surface area contributed by atoms with Gasteiger partial charge in [0.25, 0.3) is 0 Å². The van der Waals surface area contributed by atoms with Crippen LogP contribution in [-0.2, 0) is 10.0 Å². The summed E-state index contributed by atoms with van der Waals surface area (Å²) in [5.41, 5.74) is 7.15. The van der Waals surface area contributed by atoms with Crippen LogP contribution in [0.3, 0.4) is 0 Å². The second-order valence-electron chi connectivity index (χ2n) is 5.47. The second kappa shape index (κ2) is 7.72. The molecule has 0 spiro atoms. The standard InChI is InChI=1S/C16H23N3O3S/c1-3-4-5-14(10-17)19-23(20,21)15-8-6-13(7-9-15)16-11-22-12(2)18-16/h6-9,11,14,19H,3-5,10,17H2,1-2H3. The lowest BCUT2D eigenvalue weighted by Gasteiger charge is -2.16. The number of nitrogens with zero attached hydrogens (tertiary/aromatic N) is 1. The van der Waals surface area contributed by atoms with Gasteiger partial charge in [-0.25, -0.2) is 18.1 Å². The Morgan fingerprint density at radius 3 is 2.52 bits per heavy atom. The first-order valence-corrected chi connectivity index (χ1v) is 9.19. The molecule has 1 aromatic carbocycles. The van der Waals surface area contributed by atoms with Crippen LogP contribution in [0.1, 0.15) is 32.1 Å². The Labute approximate surface area is 137 Å². The number of aromatic nitrogens is 1. The summed E-state index contributed by atoms with van der Waals surface area (Å²) in [6, 6.07) is 6.33. The number of hydrogen-bond donors (Lipinski definition) is 2. The van der Waals surface area contributed by atoms with Gasteiger partial charge in [-0.3, -0.25) is 0 Å². The lowest BCUT2D eigenvalue weighted by Crippen LogP contribution is -2.40. The summed E-state index contributed by atoms with van der Waals surface area (Å²) in [6.45, 7) is 4.11. The SMILES string of the molecule is CCCCC(CN)NS(=O)(=O)c1ccc(-c2coc(C)n2)cc1. The molecule has 0 saturated carbocycles. The average Bonchev–Trinajstić information content (AvgIpc) is 2.98. The molecule has 23 heavy (non-hydrogen) atoms. The van der Waals surface area contributed by atoms with Crippen LogP contribution >= 0.6 is 0 Å². The molecule has 1 atom stereocenters. The summed E-state index contributed by atoms with van der Waals surface area (Å²) < 4.78 is 32.7. The Bertz CT molecular complexity index is 723. The highest BCUT2D eigenvalue weighted by Crippen LogP contribution is 2.21. The first kappa shape index (κ1) is 17.7. The molecule has 1 unspecified atom stereocenters. The fourth-order valence-electron chi connectivity index (χ4n) is 2.26. The van der Waals surface area contributed by atoms with Crippen LogP contribution in [0.15, 0.2) is 39.8 Å². The largest absolute Gasteiger partial charge is 0.449 e. The van der Waals surface area contributed by atoms with Crippen LogP contribution in [-0.4, -0.2) is 26.0 Å². The monoisotopic (exact) mass is 337 g/mol. The Balaban J connectivity index is 2.13. The molecule has 0 saturated heterocycles. The minimum Gasteiger partial charge on any atom is -0.449 e. The van der Waals surface area contributed by atoms with Crippen LogP contribution in [0, 0.1) is 6.92 Å². The van der Waals surface area contributed by atoms with E-state index in [-0.39, 0.29) is 17.5 Å². The molecule has 2 rings (SSSR count). The van der Waals surface area contributed by atoms with Crippen molar-refractivity contribution in [3.63, 3.8) is 0 Å². The number of nitrogens with one attached hydrogen (secondary N) is 1. The molecule has 0 aliphatic heterocycles. The van der Waals surface area contributed by atoms with Gasteiger partial charge in [0, 0.05) is 25.1 Å². The first-order valence-electron chi connectivity index (χ1n) is 7.71. The number of benzene rings is 1. The summed E-state index contributed by atoms with van der Waals surface area (Å²) >= 11 is 0. The molecular weight excluding hydrogens is 314 g/mol. The molecule has 0 bridgehead atoms. The highest BCUT2D eigenvalue weighted by molar-refractivity contribution is 7.89. The molecule has 1 aromatic heterocycles. The van der Waals surface area contributed by atoms with Gasteiger partial charge < -0.3 is 10.2 Å². The number of nitrogens with two attached hydrogens (primary N) is 1. The van der Waals surface area contributed by atoms with Gasteiger partial charge in [-0.15, -0.1) is 0 Å². The predicted octanol–water partition coefficient (Wildman–Crippen LogP) is 2.45. The van der Waals surface area contributed by atoms with Gasteiger partial charge >= 0.3 is 0 Å². The van der Waals surface area contributed by atoms with Crippen LogP contribution in [0.2, 0.25) is 0 Å². The predicted molar refractivity (Wildman–Crippen MR) is 89.4 cm³/mol. The van der Waals surface area contributed by atoms with Crippen molar-refractivity contribution in [2.24, 2.45) is 5.73 Å². The highest BCUT2D eigenvalue weighted by atomic mass is 32.2. The molecule has 1 heterocycles. The van der Waals surface area contributed by atoms with E-state index in [2.05, 4.69) is 16.6 Å². The Hall–Kier alpha value is -1.70. The molecule has 0 radical (unpaired) electrons. The van der Waals surface area contributed by atoms with Crippen molar-refractivity contribution in [3.8, 4) is 11.3 Å². The number of oxazole rings is 1. The maximum absolute atomic E-state index is 12.4. The molecule has 0 fully saturated rings. The Kier molecular flexibility index (Phi) is 5.92. The van der Waals surface area contributed by atoms with Crippen molar-refractivity contribution in [3.05, 3.63) is 36.4 Å². The molecule has 3 N–H and O–H groups in total. The van der Waals surface area contributed by atoms with E-state index in [4.69, 9.17) is 10.2 Å². The molecule has 0 aliphatic carbocycles. The second-order valence-corrected chi connectivity index (χ2v) is 7.19. The zero-order chi connectivity index (χ0) is 16.9. The minimum absolute atomic E-state index is 0.219. The molecule has 0 amide bonds. The van der Waals surface area contributed by atoms with E-state index < -0.39 is 10.0 Å². The average molecular weight is 337 g/mol. The van der Waals surface area contributed by atoms with Crippen molar-refractivity contribution in [2.75, 3.05) is 6.54 Å². The molecule has 2 aromatic rings. The smallest absolute Gasteiger partial charge is 0.240 e. The summed E-state index contributed by atoms with van der Waals surface area (Å²) in [7, 11) is -3.57. The van der Waals surface area contributed by atoms with E-state index in [1.54, 1.807) is 37.5 Å². The van der Waals surface area contributed by atoms with Crippen molar-refractivity contribution in [1.29, 1.82) is 0 Å². The molecule has 0 aliphatic rings. The third-order valence-electron chi connectivity index (χ3n) is 3.59. The number of aryl methyl sites for hydroxylation is 1. The quantitative estimate of drug-likeness (QED) is 0.771. The summed E-state index contributed by atoms with van der Waals surface area (Å²) in [6.07, 6.45) is 4.23. The topological polar surface area (TPSA) is 98.2 Å². The van der Waals surface area contributed by atoms with E-state index in [1.165, 1.54) is 0 Å². The van der Waals surface area contributed by atoms with Crippen molar-refractivity contribution in [2.45, 2.75) is 44.0 Å². The Morgan fingerprint density at radius 1 is 1.30 bits per heavy atom. The third-order valence-corrected chi connectivity index (χ3v) is 5.13. The van der Waals surface area contributed by atoms with Crippen LogP contribution in [0.5, 0.6) is 0 Å². The fourth-order valence-corrected chi connectivity index (χ4v) is 3.55. The van der Waals surface area contributed by atoms with Crippen molar-refractivity contribution >= 4 is 10.0 Å². The van der Waals surface area contributed by atoms with Gasteiger partial charge in [-0.2, -0.15) is 0 Å². The van der Waals surface area contributed by atoms with E-state index >= 15 is 0 Å². The van der Waals surface area contributed by atoms with Crippen LogP contribution in [0.4, 0.5) is 0 Å². The number of hydrogen-bond acceptors (Lipinski definition) is 5. The van der Waals surface area contributed by atoms with Crippen molar-refractivity contribution in [1.82, 2.24) is 9.71 Å². The van der Waals surface area contributed by atoms with Gasteiger partial charge in [-0.05, 0) is 18.6 Å².